The topological polar surface area (TPSA) is 111 Å². The third-order valence-corrected chi connectivity index (χ3v) is 5.18. The van der Waals surface area contributed by atoms with Crippen LogP contribution in [0.3, 0.4) is 0 Å². The Labute approximate surface area is 186 Å². The van der Waals surface area contributed by atoms with Gasteiger partial charge in [0.2, 0.25) is 3.79 Å². The molecule has 0 aromatic heterocycles. The lowest BCUT2D eigenvalue weighted by molar-refractivity contribution is -0.146. The fourth-order valence-electron chi connectivity index (χ4n) is 2.63. The van der Waals surface area contributed by atoms with Crippen LogP contribution >= 0.6 is 34.8 Å². The van der Waals surface area contributed by atoms with E-state index in [0.717, 1.165) is 0 Å². The lowest BCUT2D eigenvalue weighted by Gasteiger charge is -2.35. The van der Waals surface area contributed by atoms with Gasteiger partial charge in [-0.3, -0.25) is 18.7 Å². The first-order valence-electron chi connectivity index (χ1n) is 8.79. The first-order chi connectivity index (χ1) is 13.3. The van der Waals surface area contributed by atoms with Crippen molar-refractivity contribution in [1.29, 1.82) is 0 Å². The maximum absolute atomic E-state index is 12.5. The SMILES string of the molecule is C/C=C/C(CCCC)(NS(=O)(=O)OCC(Cl)(Cl)Cl)B1OC(=O)CN(C)CC(=O)O1. The van der Waals surface area contributed by atoms with Crippen LogP contribution in [0.5, 0.6) is 0 Å². The van der Waals surface area contributed by atoms with Gasteiger partial charge in [-0.1, -0.05) is 66.7 Å². The molecule has 1 aliphatic rings. The second-order valence-electron chi connectivity index (χ2n) is 6.56. The summed E-state index contributed by atoms with van der Waals surface area (Å²) in [5, 5.41) is 0. The highest BCUT2D eigenvalue weighted by molar-refractivity contribution is 7.84. The highest BCUT2D eigenvalue weighted by atomic mass is 35.6. The molecule has 0 saturated carbocycles. The average Bonchev–Trinajstić information content (AvgIpc) is 2.55. The smallest absolute Gasteiger partial charge is 0.497 e. The van der Waals surface area contributed by atoms with Crippen molar-refractivity contribution >= 4 is 64.2 Å². The quantitative estimate of drug-likeness (QED) is 0.294. The molecule has 1 saturated heterocycles. The summed E-state index contributed by atoms with van der Waals surface area (Å²) in [5.74, 6) is -1.37. The summed E-state index contributed by atoms with van der Waals surface area (Å²) in [6, 6.07) is 0. The Morgan fingerprint density at radius 3 is 2.24 bits per heavy atom. The molecule has 1 fully saturated rings. The Morgan fingerprint density at radius 2 is 1.79 bits per heavy atom. The number of likely N-dealkylation sites (N-methyl/N-ethyl adjacent to an activating group) is 1. The number of halogens is 3. The van der Waals surface area contributed by atoms with Crippen molar-refractivity contribution in [1.82, 2.24) is 9.62 Å². The van der Waals surface area contributed by atoms with Crippen LogP contribution in [0, 0.1) is 0 Å². The summed E-state index contributed by atoms with van der Waals surface area (Å²) in [6.07, 6.45) is 4.33. The van der Waals surface area contributed by atoms with Gasteiger partial charge in [0.15, 0.2) is 0 Å². The molecule has 1 rings (SSSR count). The van der Waals surface area contributed by atoms with Gasteiger partial charge in [-0.25, -0.2) is 0 Å². The van der Waals surface area contributed by atoms with Gasteiger partial charge in [0.05, 0.1) is 13.1 Å². The molecule has 1 unspecified atom stereocenters. The van der Waals surface area contributed by atoms with Crippen LogP contribution < -0.4 is 4.72 Å². The Balaban J connectivity index is 3.28. The molecule has 0 radical (unpaired) electrons. The molecule has 1 N–H and O–H groups in total. The molecule has 1 aliphatic heterocycles. The molecule has 0 spiro atoms. The van der Waals surface area contributed by atoms with E-state index in [2.05, 4.69) is 4.72 Å². The fraction of sp³-hybridized carbons (Fsp3) is 0.733. The summed E-state index contributed by atoms with van der Waals surface area (Å²) < 4.78 is 40.7. The number of allylic oxidation sites excluding steroid dienone is 1. The molecule has 0 aliphatic carbocycles. The second kappa shape index (κ2) is 11.2. The predicted molar refractivity (Wildman–Crippen MR) is 111 cm³/mol. The van der Waals surface area contributed by atoms with E-state index in [1.807, 2.05) is 6.92 Å². The number of nitrogens with zero attached hydrogens (tertiary/aromatic N) is 1. The van der Waals surface area contributed by atoms with Gasteiger partial charge in [0.1, 0.15) is 12.0 Å². The van der Waals surface area contributed by atoms with Crippen molar-refractivity contribution in [3.8, 4) is 0 Å². The molecule has 0 aromatic carbocycles. The van der Waals surface area contributed by atoms with Gasteiger partial charge >= 0.3 is 29.4 Å². The molecule has 1 atom stereocenters. The zero-order chi connectivity index (χ0) is 22.3. The third kappa shape index (κ3) is 9.41. The van der Waals surface area contributed by atoms with Gasteiger partial charge in [-0.15, -0.1) is 0 Å². The van der Waals surface area contributed by atoms with Gasteiger partial charge in [-0.05, 0) is 20.4 Å². The molecule has 0 bridgehead atoms. The second-order valence-corrected chi connectivity index (χ2v) is 10.4. The van der Waals surface area contributed by atoms with E-state index in [-0.39, 0.29) is 19.5 Å². The number of alkyl halides is 3. The van der Waals surface area contributed by atoms with Gasteiger partial charge < -0.3 is 9.31 Å². The minimum absolute atomic E-state index is 0.144. The minimum atomic E-state index is -4.49. The summed E-state index contributed by atoms with van der Waals surface area (Å²) in [4.78, 5) is 25.8. The van der Waals surface area contributed by atoms with E-state index >= 15 is 0 Å². The van der Waals surface area contributed by atoms with E-state index in [1.54, 1.807) is 20.0 Å². The Bertz CT molecular complexity index is 697. The Hall–Kier alpha value is -0.555. The first kappa shape index (κ1) is 26.5. The lowest BCUT2D eigenvalue weighted by atomic mass is 9.61. The Kier molecular flexibility index (Phi) is 10.2. The van der Waals surface area contributed by atoms with Gasteiger partial charge in [0, 0.05) is 0 Å². The normalized spacial score (nSPS) is 19.4. The van der Waals surface area contributed by atoms with Crippen LogP contribution in [0.2, 0.25) is 0 Å². The first-order valence-corrected chi connectivity index (χ1v) is 11.3. The zero-order valence-corrected chi connectivity index (χ0v) is 19.4. The largest absolute Gasteiger partial charge is 0.625 e. The fourth-order valence-corrected chi connectivity index (χ4v) is 4.11. The van der Waals surface area contributed by atoms with Crippen molar-refractivity contribution in [2.75, 3.05) is 26.7 Å². The van der Waals surface area contributed by atoms with Crippen LogP contribution in [0.1, 0.15) is 33.1 Å². The molecule has 9 nitrogen and oxygen atoms in total. The van der Waals surface area contributed by atoms with Crippen molar-refractivity contribution in [3.05, 3.63) is 12.2 Å². The summed E-state index contributed by atoms with van der Waals surface area (Å²) in [6.45, 7) is 2.45. The van der Waals surface area contributed by atoms with Crippen LogP contribution in [0.4, 0.5) is 0 Å². The molecular weight excluding hydrogens is 469 g/mol. The van der Waals surface area contributed by atoms with Crippen LogP contribution in [-0.4, -0.2) is 68.3 Å². The molecule has 14 heteroatoms. The van der Waals surface area contributed by atoms with E-state index in [0.29, 0.717) is 12.8 Å². The molecule has 1 heterocycles. The molecule has 0 aromatic rings. The monoisotopic (exact) mass is 492 g/mol. The van der Waals surface area contributed by atoms with E-state index in [4.69, 9.17) is 48.3 Å². The van der Waals surface area contributed by atoms with Crippen molar-refractivity contribution in [2.24, 2.45) is 0 Å². The van der Waals surface area contributed by atoms with Crippen LogP contribution in [-0.2, 0) is 33.4 Å². The number of hydrogen-bond acceptors (Lipinski definition) is 8. The molecule has 166 valence electrons. The average molecular weight is 494 g/mol. The number of rotatable bonds is 9. The number of carbonyl (C=O) groups excluding carboxylic acids is 2. The molecule has 29 heavy (non-hydrogen) atoms. The highest BCUT2D eigenvalue weighted by Crippen LogP contribution is 2.28. The maximum Gasteiger partial charge on any atom is 0.625 e. The van der Waals surface area contributed by atoms with Crippen LogP contribution in [0.25, 0.3) is 0 Å². The van der Waals surface area contributed by atoms with E-state index in [9.17, 15) is 18.0 Å². The lowest BCUT2D eigenvalue weighted by Crippen LogP contribution is -2.63. The van der Waals surface area contributed by atoms with Crippen molar-refractivity contribution < 1.29 is 31.5 Å². The molecule has 0 amide bonds. The van der Waals surface area contributed by atoms with E-state index in [1.165, 1.54) is 11.0 Å². The maximum atomic E-state index is 12.5. The number of hydrogen-bond donors (Lipinski definition) is 1. The standard InChI is InChI=1S/C15H24BCl3N2O7S/c1-4-6-8-14(7-5-2,20-29(24,25)26-11-15(17,18)19)16-27-12(22)9-21(3)10-13(23)28-16/h5,7,20H,4,6,8-11H2,1-3H3/b7-5+. The van der Waals surface area contributed by atoms with E-state index < -0.39 is 45.2 Å². The summed E-state index contributed by atoms with van der Waals surface area (Å²) >= 11 is 16.7. The summed E-state index contributed by atoms with van der Waals surface area (Å²) in [7, 11) is -4.49. The van der Waals surface area contributed by atoms with Crippen molar-refractivity contribution in [3.63, 3.8) is 0 Å². The third-order valence-electron chi connectivity index (χ3n) is 3.80. The predicted octanol–water partition coefficient (Wildman–Crippen LogP) is 1.77. The molecular formula is C15H24BCl3N2O7S. The Morgan fingerprint density at radius 1 is 1.24 bits per heavy atom. The number of nitrogens with one attached hydrogen (secondary N) is 1. The zero-order valence-electron chi connectivity index (χ0n) is 16.3. The number of carbonyl (C=O) groups is 2. The minimum Gasteiger partial charge on any atom is -0.497 e. The van der Waals surface area contributed by atoms with Crippen molar-refractivity contribution in [2.45, 2.75) is 42.3 Å². The highest BCUT2D eigenvalue weighted by Gasteiger charge is 2.53. The number of unbranched alkanes of at least 4 members (excludes halogenated alkanes) is 1. The van der Waals surface area contributed by atoms with Gasteiger partial charge in [-0.2, -0.15) is 13.1 Å². The van der Waals surface area contributed by atoms with Gasteiger partial charge in [0.25, 0.3) is 0 Å². The summed E-state index contributed by atoms with van der Waals surface area (Å²) in [5.41, 5.74) is -1.61. The van der Waals surface area contributed by atoms with Crippen LogP contribution in [0.15, 0.2) is 12.2 Å².